The normalized spacial score (nSPS) is 10.9. The van der Waals surface area contributed by atoms with Gasteiger partial charge in [-0.1, -0.05) is 48.0 Å². The van der Waals surface area contributed by atoms with Crippen LogP contribution in [0.5, 0.6) is 11.5 Å². The van der Waals surface area contributed by atoms with Crippen molar-refractivity contribution in [2.75, 3.05) is 17.3 Å². The summed E-state index contributed by atoms with van der Waals surface area (Å²) in [5, 5.41) is 15.1. The zero-order chi connectivity index (χ0) is 24.7. The lowest BCUT2D eigenvalue weighted by Gasteiger charge is -2.12. The van der Waals surface area contributed by atoms with Gasteiger partial charge in [-0.05, 0) is 67.3 Å². The number of aryl methyl sites for hydroxylation is 1. The fourth-order valence-electron chi connectivity index (χ4n) is 3.95. The molecule has 2 aromatic heterocycles. The van der Waals surface area contributed by atoms with Gasteiger partial charge in [-0.15, -0.1) is 10.2 Å². The second-order valence-corrected chi connectivity index (χ2v) is 9.70. The molecule has 3 aromatic carbocycles. The van der Waals surface area contributed by atoms with Gasteiger partial charge >= 0.3 is 0 Å². The Kier molecular flexibility index (Phi) is 7.64. The van der Waals surface area contributed by atoms with Crippen molar-refractivity contribution in [3.8, 4) is 22.8 Å². The predicted molar refractivity (Wildman–Crippen MR) is 151 cm³/mol. The van der Waals surface area contributed by atoms with E-state index in [1.54, 1.807) is 6.20 Å². The van der Waals surface area contributed by atoms with Crippen LogP contribution in [0.2, 0.25) is 5.02 Å². The maximum atomic E-state index is 6.06. The lowest BCUT2D eigenvalue weighted by atomic mass is 10.0. The van der Waals surface area contributed by atoms with E-state index in [2.05, 4.69) is 32.8 Å². The highest BCUT2D eigenvalue weighted by molar-refractivity contribution is 7.98. The van der Waals surface area contributed by atoms with Crippen LogP contribution in [0.1, 0.15) is 12.1 Å². The van der Waals surface area contributed by atoms with Crippen molar-refractivity contribution in [2.24, 2.45) is 0 Å². The summed E-state index contributed by atoms with van der Waals surface area (Å²) in [6, 6.07) is 27.5. The Bertz CT molecular complexity index is 1460. The number of fused-ring (bicyclic) bond motifs is 1. The molecule has 5 aromatic rings. The number of pyridine rings is 1. The number of nitrogens with one attached hydrogen (secondary N) is 1. The Morgan fingerprint density at radius 3 is 2.42 bits per heavy atom. The molecule has 0 radical (unpaired) electrons. The van der Waals surface area contributed by atoms with Gasteiger partial charge in [0.25, 0.3) is 0 Å². The zero-order valence-corrected chi connectivity index (χ0v) is 21.4. The van der Waals surface area contributed by atoms with Gasteiger partial charge in [-0.3, -0.25) is 4.98 Å². The van der Waals surface area contributed by atoms with Crippen LogP contribution in [0.4, 0.5) is 11.5 Å². The first-order valence-corrected chi connectivity index (χ1v) is 13.5. The molecule has 1 N–H and O–H groups in total. The summed E-state index contributed by atoms with van der Waals surface area (Å²) in [6.07, 6.45) is 5.98. The largest absolute Gasteiger partial charge is 0.457 e. The molecule has 0 atom stereocenters. The van der Waals surface area contributed by atoms with Crippen LogP contribution in [0, 0.1) is 0 Å². The Labute approximate surface area is 219 Å². The molecule has 0 unspecified atom stereocenters. The van der Waals surface area contributed by atoms with Crippen LogP contribution in [0.15, 0.2) is 91.1 Å². The number of halogens is 1. The third-order valence-corrected chi connectivity index (χ3v) is 6.68. The second kappa shape index (κ2) is 11.4. The number of anilines is 2. The maximum absolute atomic E-state index is 6.06. The second-order valence-electron chi connectivity index (χ2n) is 8.28. The van der Waals surface area contributed by atoms with Gasteiger partial charge < -0.3 is 10.1 Å². The summed E-state index contributed by atoms with van der Waals surface area (Å²) in [7, 11) is 0. The first kappa shape index (κ1) is 24.1. The number of rotatable bonds is 9. The number of nitrogens with zero attached hydrogens (tertiary/aromatic N) is 3. The first-order chi connectivity index (χ1) is 17.7. The minimum atomic E-state index is 0.692. The molecule has 0 spiro atoms. The number of hydrogen-bond acceptors (Lipinski definition) is 6. The maximum Gasteiger partial charge on any atom is 0.161 e. The van der Waals surface area contributed by atoms with Gasteiger partial charge in [0, 0.05) is 45.0 Å². The number of benzene rings is 3. The zero-order valence-electron chi connectivity index (χ0n) is 19.8. The molecule has 5 rings (SSSR count). The van der Waals surface area contributed by atoms with Crippen molar-refractivity contribution in [3.63, 3.8) is 0 Å². The lowest BCUT2D eigenvalue weighted by molar-refractivity contribution is 0.481. The number of thioether (sulfide) groups is 1. The van der Waals surface area contributed by atoms with E-state index in [1.165, 1.54) is 0 Å². The number of aromatic nitrogens is 3. The van der Waals surface area contributed by atoms with Gasteiger partial charge in [0.2, 0.25) is 0 Å². The van der Waals surface area contributed by atoms with Gasteiger partial charge in [-0.25, -0.2) is 0 Å². The van der Waals surface area contributed by atoms with Gasteiger partial charge in [0.05, 0.1) is 0 Å². The molecule has 5 nitrogen and oxygen atoms in total. The first-order valence-electron chi connectivity index (χ1n) is 11.7. The fourth-order valence-corrected chi connectivity index (χ4v) is 4.51. The molecule has 0 bridgehead atoms. The molecule has 180 valence electrons. The van der Waals surface area contributed by atoms with Crippen molar-refractivity contribution in [3.05, 3.63) is 102 Å². The van der Waals surface area contributed by atoms with E-state index >= 15 is 0 Å². The standard InChI is InChI=1S/C29H25ClN4OS/c1-36-18-4-5-23-19-25(16-17-31-23)35-24-14-12-22(13-15-24)32-29-27-7-3-2-6-26(27)28(33-34-29)20-8-10-21(30)11-9-20/h2-3,6-17,19H,4-5,18H2,1H3,(H,32,34). The lowest BCUT2D eigenvalue weighted by Crippen LogP contribution is -1.99. The highest BCUT2D eigenvalue weighted by Gasteiger charge is 2.11. The summed E-state index contributed by atoms with van der Waals surface area (Å²) in [5.41, 5.74) is 3.74. The summed E-state index contributed by atoms with van der Waals surface area (Å²) in [6.45, 7) is 0. The van der Waals surface area contributed by atoms with E-state index in [-0.39, 0.29) is 0 Å². The molecule has 36 heavy (non-hydrogen) atoms. The van der Waals surface area contributed by atoms with Gasteiger partial charge in [-0.2, -0.15) is 11.8 Å². The summed E-state index contributed by atoms with van der Waals surface area (Å²) >= 11 is 7.91. The molecule has 2 heterocycles. The molecule has 0 saturated heterocycles. The average Bonchev–Trinajstić information content (AvgIpc) is 2.91. The molecule has 0 aliphatic heterocycles. The Morgan fingerprint density at radius 1 is 0.861 bits per heavy atom. The van der Waals surface area contributed by atoms with Crippen LogP contribution in [-0.4, -0.2) is 27.2 Å². The van der Waals surface area contributed by atoms with Crippen LogP contribution in [0.25, 0.3) is 22.0 Å². The molecule has 0 amide bonds. The van der Waals surface area contributed by atoms with E-state index in [9.17, 15) is 0 Å². The van der Waals surface area contributed by atoms with E-state index in [0.717, 1.165) is 63.5 Å². The molecular weight excluding hydrogens is 488 g/mol. The van der Waals surface area contributed by atoms with Gasteiger partial charge in [0.1, 0.15) is 17.2 Å². The highest BCUT2D eigenvalue weighted by Crippen LogP contribution is 2.32. The fraction of sp³-hybridized carbons (Fsp3) is 0.138. The average molecular weight is 513 g/mol. The molecular formula is C29H25ClN4OS. The highest BCUT2D eigenvalue weighted by atomic mass is 35.5. The van der Waals surface area contributed by atoms with E-state index in [0.29, 0.717) is 10.8 Å². The van der Waals surface area contributed by atoms with Crippen molar-refractivity contribution in [1.82, 2.24) is 15.2 Å². The molecule has 0 fully saturated rings. The molecule has 7 heteroatoms. The Balaban J connectivity index is 1.33. The van der Waals surface area contributed by atoms with E-state index in [1.807, 2.05) is 90.6 Å². The predicted octanol–water partition coefficient (Wildman–Crippen LogP) is 8.18. The van der Waals surface area contributed by atoms with Crippen molar-refractivity contribution in [1.29, 1.82) is 0 Å². The summed E-state index contributed by atoms with van der Waals surface area (Å²) in [5.74, 6) is 3.38. The third-order valence-electron chi connectivity index (χ3n) is 5.73. The Hall–Kier alpha value is -3.61. The summed E-state index contributed by atoms with van der Waals surface area (Å²) in [4.78, 5) is 4.45. The summed E-state index contributed by atoms with van der Waals surface area (Å²) < 4.78 is 6.06. The van der Waals surface area contributed by atoms with E-state index < -0.39 is 0 Å². The molecule has 0 aliphatic carbocycles. The van der Waals surface area contributed by atoms with Crippen molar-refractivity contribution < 1.29 is 4.74 Å². The van der Waals surface area contributed by atoms with E-state index in [4.69, 9.17) is 16.3 Å². The SMILES string of the molecule is CSCCCc1cc(Oc2ccc(Nc3nnc(-c4ccc(Cl)cc4)c4ccccc34)cc2)ccn1. The monoisotopic (exact) mass is 512 g/mol. The third kappa shape index (κ3) is 5.78. The van der Waals surface area contributed by atoms with Crippen LogP contribution in [0.3, 0.4) is 0 Å². The topological polar surface area (TPSA) is 59.9 Å². The van der Waals surface area contributed by atoms with Crippen LogP contribution in [-0.2, 0) is 6.42 Å². The smallest absolute Gasteiger partial charge is 0.161 e. The molecule has 0 aliphatic rings. The minimum absolute atomic E-state index is 0.692. The molecule has 0 saturated carbocycles. The Morgan fingerprint density at radius 2 is 1.64 bits per heavy atom. The van der Waals surface area contributed by atoms with Crippen molar-refractivity contribution >= 4 is 45.6 Å². The number of ether oxygens (including phenoxy) is 1. The minimum Gasteiger partial charge on any atom is -0.457 e. The number of hydrogen-bond donors (Lipinski definition) is 1. The quantitative estimate of drug-likeness (QED) is 0.201. The van der Waals surface area contributed by atoms with Crippen molar-refractivity contribution in [2.45, 2.75) is 12.8 Å². The van der Waals surface area contributed by atoms with Crippen LogP contribution < -0.4 is 10.1 Å². The van der Waals surface area contributed by atoms with Gasteiger partial charge in [0.15, 0.2) is 5.82 Å². The van der Waals surface area contributed by atoms with Crippen LogP contribution >= 0.6 is 23.4 Å².